The molecule has 1 aliphatic heterocycles. The fourth-order valence-corrected chi connectivity index (χ4v) is 1.52. The van der Waals surface area contributed by atoms with E-state index in [-0.39, 0.29) is 0 Å². The minimum Gasteiger partial charge on any atom is -0.394 e. The molecule has 0 saturated carbocycles. The second-order valence-electron chi connectivity index (χ2n) is 3.21. The first-order valence-electron chi connectivity index (χ1n) is 4.33. The Hall–Kier alpha value is -1.45. The van der Waals surface area contributed by atoms with Crippen LogP contribution < -0.4 is 0 Å². The van der Waals surface area contributed by atoms with E-state index in [0.29, 0.717) is 0 Å². The maximum Gasteiger partial charge on any atom is 0.254 e. The molecule has 0 spiro atoms. The van der Waals surface area contributed by atoms with Crippen molar-refractivity contribution >= 4 is 0 Å². The maximum absolute atomic E-state index is 10.7. The van der Waals surface area contributed by atoms with Gasteiger partial charge in [0, 0.05) is 9.84 Å². The first-order chi connectivity index (χ1) is 7.52. The Balaban J connectivity index is 3.00. The zero-order chi connectivity index (χ0) is 12.3. The van der Waals surface area contributed by atoms with Gasteiger partial charge >= 0.3 is 0 Å². The molecule has 1 rings (SSSR count). The fourth-order valence-electron chi connectivity index (χ4n) is 1.52. The van der Waals surface area contributed by atoms with E-state index in [9.17, 15) is 20.3 Å². The van der Waals surface area contributed by atoms with Crippen LogP contribution >= 0.6 is 0 Å². The summed E-state index contributed by atoms with van der Waals surface area (Å²) in [5.74, 6) is 0. The molecule has 5 atom stereocenters. The van der Waals surface area contributed by atoms with Crippen molar-refractivity contribution in [1.82, 2.24) is 0 Å². The highest BCUT2D eigenvalue weighted by Crippen LogP contribution is 2.24. The summed E-state index contributed by atoms with van der Waals surface area (Å²) >= 11 is 0. The van der Waals surface area contributed by atoms with Crippen molar-refractivity contribution in [3.8, 4) is 0 Å². The number of hydrogen-bond acceptors (Lipinski definition) is 7. The summed E-state index contributed by atoms with van der Waals surface area (Å²) in [6, 6.07) is -3.24. The molecule has 1 heterocycles. The molecule has 1 fully saturated rings. The van der Waals surface area contributed by atoms with Crippen molar-refractivity contribution in [1.29, 1.82) is 0 Å². The Labute approximate surface area is 88.8 Å². The summed E-state index contributed by atoms with van der Waals surface area (Å²) in [6.45, 7) is -0.689. The zero-order valence-corrected chi connectivity index (χ0v) is 7.95. The SMILES string of the molecule is [N-]=[N+]=N[C@H]1C(O)O[C@H](CO)[C@@H](O)[C@@H]1[N+](=O)[O-]. The molecule has 0 aliphatic carbocycles. The van der Waals surface area contributed by atoms with Crippen LogP contribution in [0.4, 0.5) is 0 Å². The van der Waals surface area contributed by atoms with Crippen molar-refractivity contribution in [3.05, 3.63) is 20.6 Å². The maximum atomic E-state index is 10.7. The molecule has 0 aromatic rings. The van der Waals surface area contributed by atoms with E-state index in [2.05, 4.69) is 14.8 Å². The average Bonchev–Trinajstić information content (AvgIpc) is 2.22. The van der Waals surface area contributed by atoms with Gasteiger partial charge in [-0.25, -0.2) is 0 Å². The molecule has 0 amide bonds. The first kappa shape index (κ1) is 12.6. The lowest BCUT2D eigenvalue weighted by atomic mass is 9.95. The Morgan fingerprint density at radius 1 is 1.56 bits per heavy atom. The number of azide groups is 1. The third-order valence-electron chi connectivity index (χ3n) is 2.30. The van der Waals surface area contributed by atoms with Crippen molar-refractivity contribution in [2.75, 3.05) is 6.61 Å². The Morgan fingerprint density at radius 2 is 2.19 bits per heavy atom. The lowest BCUT2D eigenvalue weighted by Crippen LogP contribution is -2.60. The van der Waals surface area contributed by atoms with Gasteiger partial charge in [0.15, 0.2) is 18.4 Å². The van der Waals surface area contributed by atoms with Gasteiger partial charge < -0.3 is 20.1 Å². The third-order valence-corrected chi connectivity index (χ3v) is 2.30. The van der Waals surface area contributed by atoms with Crippen LogP contribution in [-0.2, 0) is 4.74 Å². The standard InChI is InChI=1S/C6H10N4O6/c7-9-8-3-4(10(14)15)5(12)2(1-11)16-6(3)13/h2-6,11-13H,1H2/t2-,3-,4-,5-,6?/m1/s1. The minimum atomic E-state index is -1.73. The Kier molecular flexibility index (Phi) is 3.99. The second kappa shape index (κ2) is 5.05. The number of aliphatic hydroxyl groups is 3. The molecule has 3 N–H and O–H groups in total. The number of aliphatic hydroxyl groups excluding tert-OH is 3. The van der Waals surface area contributed by atoms with Crippen molar-refractivity contribution in [3.63, 3.8) is 0 Å². The topological polar surface area (TPSA) is 162 Å². The molecule has 16 heavy (non-hydrogen) atoms. The number of rotatable bonds is 3. The van der Waals surface area contributed by atoms with Gasteiger partial charge in [0.2, 0.25) is 0 Å². The number of ether oxygens (including phenoxy) is 1. The molecule has 0 aromatic carbocycles. The predicted octanol–water partition coefficient (Wildman–Crippen LogP) is -1.62. The quantitative estimate of drug-likeness (QED) is 0.175. The van der Waals surface area contributed by atoms with Crippen LogP contribution in [0.3, 0.4) is 0 Å². The summed E-state index contributed by atoms with van der Waals surface area (Å²) in [5.41, 5.74) is 8.18. The summed E-state index contributed by atoms with van der Waals surface area (Å²) < 4.78 is 4.68. The molecular weight excluding hydrogens is 224 g/mol. The number of nitro groups is 1. The van der Waals surface area contributed by atoms with E-state index in [4.69, 9.17) is 10.6 Å². The number of hydrogen-bond donors (Lipinski definition) is 3. The number of nitrogens with zero attached hydrogens (tertiary/aromatic N) is 4. The molecule has 0 aromatic heterocycles. The van der Waals surface area contributed by atoms with Gasteiger partial charge in [-0.1, -0.05) is 5.11 Å². The highest BCUT2D eigenvalue weighted by atomic mass is 16.6. The van der Waals surface area contributed by atoms with Gasteiger partial charge in [-0.3, -0.25) is 10.1 Å². The summed E-state index contributed by atoms with van der Waals surface area (Å²) in [4.78, 5) is 12.1. The highest BCUT2D eigenvalue weighted by molar-refractivity contribution is 4.93. The van der Waals surface area contributed by atoms with Crippen molar-refractivity contribution < 1.29 is 25.0 Å². The Morgan fingerprint density at radius 3 is 2.62 bits per heavy atom. The van der Waals surface area contributed by atoms with Crippen LogP contribution in [0.5, 0.6) is 0 Å². The summed E-state index contributed by atoms with van der Waals surface area (Å²) in [7, 11) is 0. The molecule has 1 aliphatic rings. The molecule has 1 saturated heterocycles. The van der Waals surface area contributed by atoms with Crippen LogP contribution in [0.15, 0.2) is 5.11 Å². The normalized spacial score (nSPS) is 38.8. The second-order valence-corrected chi connectivity index (χ2v) is 3.21. The van der Waals surface area contributed by atoms with Crippen LogP contribution in [0, 0.1) is 10.1 Å². The van der Waals surface area contributed by atoms with Gasteiger partial charge in [0.1, 0.15) is 6.10 Å². The molecular formula is C6H10N4O6. The molecule has 0 radical (unpaired) electrons. The van der Waals surface area contributed by atoms with Gasteiger partial charge in [0.05, 0.1) is 6.61 Å². The van der Waals surface area contributed by atoms with Gasteiger partial charge in [-0.05, 0) is 5.53 Å². The van der Waals surface area contributed by atoms with Crippen LogP contribution in [0.25, 0.3) is 10.4 Å². The average molecular weight is 234 g/mol. The minimum absolute atomic E-state index is 0.689. The molecule has 10 heteroatoms. The van der Waals surface area contributed by atoms with E-state index >= 15 is 0 Å². The van der Waals surface area contributed by atoms with Gasteiger partial charge in [-0.15, -0.1) is 0 Å². The monoisotopic (exact) mass is 234 g/mol. The predicted molar refractivity (Wildman–Crippen MR) is 47.7 cm³/mol. The molecule has 1 unspecified atom stereocenters. The summed E-state index contributed by atoms with van der Waals surface area (Å²) in [6.07, 6.45) is -4.67. The lowest BCUT2D eigenvalue weighted by molar-refractivity contribution is -0.553. The molecule has 90 valence electrons. The zero-order valence-electron chi connectivity index (χ0n) is 7.95. The highest BCUT2D eigenvalue weighted by Gasteiger charge is 2.51. The van der Waals surface area contributed by atoms with E-state index in [1.54, 1.807) is 0 Å². The van der Waals surface area contributed by atoms with Gasteiger partial charge in [0.25, 0.3) is 6.04 Å². The summed E-state index contributed by atoms with van der Waals surface area (Å²) in [5, 5.41) is 41.3. The Bertz CT molecular complexity index is 318. The van der Waals surface area contributed by atoms with Crippen molar-refractivity contribution in [2.45, 2.75) is 30.6 Å². The smallest absolute Gasteiger partial charge is 0.254 e. The van der Waals surface area contributed by atoms with E-state index in [1.807, 2.05) is 0 Å². The molecule has 0 bridgehead atoms. The van der Waals surface area contributed by atoms with Crippen molar-refractivity contribution in [2.24, 2.45) is 5.11 Å². The third kappa shape index (κ3) is 2.21. The van der Waals surface area contributed by atoms with Crippen LogP contribution in [-0.4, -0.2) is 57.4 Å². The van der Waals surface area contributed by atoms with Crippen LogP contribution in [0.2, 0.25) is 0 Å². The molecule has 10 nitrogen and oxygen atoms in total. The van der Waals surface area contributed by atoms with E-state index < -0.39 is 42.1 Å². The van der Waals surface area contributed by atoms with Crippen LogP contribution in [0.1, 0.15) is 0 Å². The lowest BCUT2D eigenvalue weighted by Gasteiger charge is -2.35. The van der Waals surface area contributed by atoms with E-state index in [0.717, 1.165) is 0 Å². The van der Waals surface area contributed by atoms with E-state index in [1.165, 1.54) is 0 Å². The van der Waals surface area contributed by atoms with Gasteiger partial charge in [-0.2, -0.15) is 0 Å². The fraction of sp³-hybridized carbons (Fsp3) is 1.00. The largest absolute Gasteiger partial charge is 0.394 e. The first-order valence-corrected chi connectivity index (χ1v) is 4.33.